The van der Waals surface area contributed by atoms with Gasteiger partial charge < -0.3 is 10.8 Å². The van der Waals surface area contributed by atoms with Crippen LogP contribution in [0.2, 0.25) is 0 Å². The molecule has 0 radical (unpaired) electrons. The normalized spacial score (nSPS) is 24.6. The van der Waals surface area contributed by atoms with Crippen LogP contribution in [0.25, 0.3) is 0 Å². The van der Waals surface area contributed by atoms with Crippen LogP contribution in [0, 0.1) is 0 Å². The van der Waals surface area contributed by atoms with Gasteiger partial charge in [0.15, 0.2) is 0 Å². The monoisotopic (exact) mass is 339 g/mol. The number of nitrogens with one attached hydrogen (secondary N) is 1. The second kappa shape index (κ2) is 6.15. The van der Waals surface area contributed by atoms with Gasteiger partial charge in [0.1, 0.15) is 22.1 Å². The molecule has 22 heavy (non-hydrogen) atoms. The van der Waals surface area contributed by atoms with Gasteiger partial charge in [-0.3, -0.25) is 14.8 Å². The molecule has 10 heteroatoms. The SMILES string of the molecule is NC1C(=O)N2C(C(=O)O)=C(/C=C/CSc3cnn[nH]3)CS[C@H]12. The van der Waals surface area contributed by atoms with Gasteiger partial charge in [-0.15, -0.1) is 28.6 Å². The summed E-state index contributed by atoms with van der Waals surface area (Å²) in [5.74, 6) is -0.271. The zero-order valence-corrected chi connectivity index (χ0v) is 12.9. The van der Waals surface area contributed by atoms with E-state index in [0.29, 0.717) is 17.1 Å². The minimum Gasteiger partial charge on any atom is -0.477 e. The number of aromatic nitrogens is 3. The van der Waals surface area contributed by atoms with Crippen LogP contribution in [0.1, 0.15) is 0 Å². The van der Waals surface area contributed by atoms with Gasteiger partial charge in [-0.25, -0.2) is 4.79 Å². The fourth-order valence-electron chi connectivity index (χ4n) is 2.25. The standard InChI is InChI=1S/C12H13N5O3S2/c13-8-10(18)17-9(12(19)20)6(5-22-11(8)17)2-1-3-21-7-4-14-16-15-7/h1-2,4,8,11H,3,5,13H2,(H,19,20)(H,14,15,16)/b2-1+/t8?,11-/m1/s1. The highest BCUT2D eigenvalue weighted by atomic mass is 32.2. The summed E-state index contributed by atoms with van der Waals surface area (Å²) in [6.07, 6.45) is 5.22. The third kappa shape index (κ3) is 2.64. The zero-order valence-electron chi connectivity index (χ0n) is 11.3. The molecule has 1 amide bonds. The Morgan fingerprint density at radius 2 is 2.50 bits per heavy atom. The summed E-state index contributed by atoms with van der Waals surface area (Å²) in [5, 5.41) is 19.9. The average Bonchev–Trinajstić information content (AvgIpc) is 3.03. The molecule has 0 saturated carbocycles. The Morgan fingerprint density at radius 3 is 3.18 bits per heavy atom. The maximum Gasteiger partial charge on any atom is 0.352 e. The fraction of sp³-hybridized carbons (Fsp3) is 0.333. The minimum absolute atomic E-state index is 0.0416. The van der Waals surface area contributed by atoms with E-state index in [4.69, 9.17) is 5.73 Å². The Kier molecular flexibility index (Phi) is 4.23. The zero-order chi connectivity index (χ0) is 15.7. The highest BCUT2D eigenvalue weighted by Gasteiger charge is 2.51. The number of H-pyrrole nitrogens is 1. The van der Waals surface area contributed by atoms with E-state index >= 15 is 0 Å². The molecule has 1 aromatic rings. The fourth-order valence-corrected chi connectivity index (χ4v) is 4.12. The number of nitrogens with zero attached hydrogens (tertiary/aromatic N) is 3. The number of aromatic amines is 1. The van der Waals surface area contributed by atoms with Crippen LogP contribution in [0.4, 0.5) is 0 Å². The number of rotatable bonds is 5. The van der Waals surface area contributed by atoms with Gasteiger partial charge in [-0.05, 0) is 5.57 Å². The number of aliphatic carboxylic acids is 1. The summed E-state index contributed by atoms with van der Waals surface area (Å²) in [7, 11) is 0. The van der Waals surface area contributed by atoms with Crippen molar-refractivity contribution in [3.05, 3.63) is 29.6 Å². The van der Waals surface area contributed by atoms with Crippen LogP contribution >= 0.6 is 23.5 Å². The molecule has 4 N–H and O–H groups in total. The second-order valence-electron chi connectivity index (χ2n) is 4.65. The first-order valence-corrected chi connectivity index (χ1v) is 8.45. The molecule has 2 aliphatic heterocycles. The first kappa shape index (κ1) is 15.1. The van der Waals surface area contributed by atoms with Gasteiger partial charge in [0, 0.05) is 11.5 Å². The highest BCUT2D eigenvalue weighted by Crippen LogP contribution is 2.39. The minimum atomic E-state index is -1.10. The Bertz CT molecular complexity index is 658. The molecule has 1 fully saturated rings. The molecule has 1 saturated heterocycles. The Balaban J connectivity index is 1.72. The maximum absolute atomic E-state index is 11.8. The van der Waals surface area contributed by atoms with Crippen LogP contribution in [0.3, 0.4) is 0 Å². The summed E-state index contributed by atoms with van der Waals surface area (Å²) in [5.41, 5.74) is 6.36. The van der Waals surface area contributed by atoms with Crippen LogP contribution in [-0.4, -0.2) is 60.2 Å². The van der Waals surface area contributed by atoms with Gasteiger partial charge in [-0.2, -0.15) is 0 Å². The van der Waals surface area contributed by atoms with Crippen molar-refractivity contribution in [3.63, 3.8) is 0 Å². The van der Waals surface area contributed by atoms with Gasteiger partial charge >= 0.3 is 5.97 Å². The van der Waals surface area contributed by atoms with E-state index < -0.39 is 12.0 Å². The molecule has 1 unspecified atom stereocenters. The molecule has 2 atom stereocenters. The van der Waals surface area contributed by atoms with Crippen molar-refractivity contribution in [2.75, 3.05) is 11.5 Å². The number of fused-ring (bicyclic) bond motifs is 1. The molecular formula is C12H13N5O3S2. The van der Waals surface area contributed by atoms with Crippen molar-refractivity contribution >= 4 is 35.4 Å². The van der Waals surface area contributed by atoms with E-state index in [0.717, 1.165) is 5.03 Å². The Labute approximate surface area is 134 Å². The molecule has 0 spiro atoms. The Morgan fingerprint density at radius 1 is 1.68 bits per heavy atom. The van der Waals surface area contributed by atoms with Crippen LogP contribution in [0.15, 0.2) is 34.6 Å². The van der Waals surface area contributed by atoms with Crippen molar-refractivity contribution in [2.45, 2.75) is 16.4 Å². The number of hydrogen-bond acceptors (Lipinski definition) is 7. The first-order chi connectivity index (χ1) is 10.6. The molecule has 1 aromatic heterocycles. The molecular weight excluding hydrogens is 326 g/mol. The quantitative estimate of drug-likeness (QED) is 0.507. The number of carbonyl (C=O) groups excluding carboxylic acids is 1. The van der Waals surface area contributed by atoms with E-state index in [1.807, 2.05) is 6.08 Å². The number of carbonyl (C=O) groups is 2. The number of hydrogen-bond donors (Lipinski definition) is 3. The van der Waals surface area contributed by atoms with E-state index in [2.05, 4.69) is 15.4 Å². The lowest BCUT2D eigenvalue weighted by atomic mass is 10.0. The predicted octanol–water partition coefficient (Wildman–Crippen LogP) is 0.0341. The third-order valence-electron chi connectivity index (χ3n) is 3.29. The van der Waals surface area contributed by atoms with Gasteiger partial charge in [0.25, 0.3) is 0 Å². The van der Waals surface area contributed by atoms with Crippen LogP contribution < -0.4 is 5.73 Å². The second-order valence-corrected chi connectivity index (χ2v) is 6.82. The topological polar surface area (TPSA) is 125 Å². The average molecular weight is 339 g/mol. The smallest absolute Gasteiger partial charge is 0.352 e. The number of β-lactam (4-membered cyclic amide) rings is 1. The number of carboxylic acids is 1. The molecule has 2 aliphatic rings. The van der Waals surface area contributed by atoms with Crippen molar-refractivity contribution < 1.29 is 14.7 Å². The molecule has 3 rings (SSSR count). The van der Waals surface area contributed by atoms with Crippen LogP contribution in [-0.2, 0) is 9.59 Å². The molecule has 3 heterocycles. The van der Waals surface area contributed by atoms with Gasteiger partial charge in [-0.1, -0.05) is 17.4 Å². The third-order valence-corrected chi connectivity index (χ3v) is 5.48. The molecule has 0 bridgehead atoms. The lowest BCUT2D eigenvalue weighted by Gasteiger charge is -2.47. The highest BCUT2D eigenvalue weighted by molar-refractivity contribution is 8.00. The predicted molar refractivity (Wildman–Crippen MR) is 82.0 cm³/mol. The largest absolute Gasteiger partial charge is 0.477 e. The Hall–Kier alpha value is -1.78. The van der Waals surface area contributed by atoms with E-state index in [-0.39, 0.29) is 17.0 Å². The summed E-state index contributed by atoms with van der Waals surface area (Å²) in [6, 6.07) is -0.603. The van der Waals surface area contributed by atoms with Gasteiger partial charge in [0.2, 0.25) is 5.91 Å². The molecule has 116 valence electrons. The van der Waals surface area contributed by atoms with Gasteiger partial charge in [0.05, 0.1) is 6.20 Å². The van der Waals surface area contributed by atoms with Crippen LogP contribution in [0.5, 0.6) is 0 Å². The van der Waals surface area contributed by atoms with E-state index in [9.17, 15) is 14.7 Å². The van der Waals surface area contributed by atoms with Crippen molar-refractivity contribution in [1.82, 2.24) is 20.3 Å². The number of nitrogens with two attached hydrogens (primary N) is 1. The lowest BCUT2D eigenvalue weighted by molar-refractivity contribution is -0.147. The summed E-state index contributed by atoms with van der Waals surface area (Å²) < 4.78 is 0. The number of allylic oxidation sites excluding steroid dienone is 1. The van der Waals surface area contributed by atoms with E-state index in [1.165, 1.54) is 28.4 Å². The lowest BCUT2D eigenvalue weighted by Crippen LogP contribution is -2.68. The van der Waals surface area contributed by atoms with E-state index in [1.54, 1.807) is 12.3 Å². The summed E-state index contributed by atoms with van der Waals surface area (Å²) in [4.78, 5) is 24.5. The molecule has 0 aliphatic carbocycles. The first-order valence-electron chi connectivity index (χ1n) is 6.41. The van der Waals surface area contributed by atoms with Crippen molar-refractivity contribution in [2.24, 2.45) is 5.73 Å². The number of thioether (sulfide) groups is 2. The summed E-state index contributed by atoms with van der Waals surface area (Å²) in [6.45, 7) is 0. The number of carboxylic acid groups (broad SMARTS) is 1. The summed E-state index contributed by atoms with van der Waals surface area (Å²) >= 11 is 2.98. The molecule has 8 nitrogen and oxygen atoms in total. The maximum atomic E-state index is 11.8. The number of amides is 1. The van der Waals surface area contributed by atoms with Crippen molar-refractivity contribution in [3.8, 4) is 0 Å². The van der Waals surface area contributed by atoms with Crippen molar-refractivity contribution in [1.29, 1.82) is 0 Å². The molecule has 0 aromatic carbocycles.